The van der Waals surface area contributed by atoms with Crippen LogP contribution in [0.4, 0.5) is 4.79 Å². The molecular weight excluding hydrogens is 192 g/mol. The van der Waals surface area contributed by atoms with Crippen LogP contribution in [0, 0.1) is 11.8 Å². The first-order valence-electron chi connectivity index (χ1n) is 5.72. The molecule has 0 saturated heterocycles. The van der Waals surface area contributed by atoms with E-state index in [1.54, 1.807) is 0 Å². The van der Waals surface area contributed by atoms with E-state index in [2.05, 4.69) is 6.92 Å². The lowest BCUT2D eigenvalue weighted by Crippen LogP contribution is -2.34. The van der Waals surface area contributed by atoms with E-state index < -0.39 is 6.09 Å². The lowest BCUT2D eigenvalue weighted by atomic mass is 9.77. The summed E-state index contributed by atoms with van der Waals surface area (Å²) in [7, 11) is 0. The largest absolute Gasteiger partial charge is 0.446 e. The van der Waals surface area contributed by atoms with Crippen LogP contribution in [-0.2, 0) is 4.74 Å². The van der Waals surface area contributed by atoms with E-state index >= 15 is 0 Å². The molecule has 1 aliphatic rings. The van der Waals surface area contributed by atoms with Crippen LogP contribution in [0.1, 0.15) is 39.5 Å². The molecule has 0 aromatic carbocycles. The zero-order valence-electron chi connectivity index (χ0n) is 9.61. The molecule has 2 atom stereocenters. The van der Waals surface area contributed by atoms with Gasteiger partial charge in [-0.25, -0.2) is 4.79 Å². The third-order valence-electron chi connectivity index (χ3n) is 3.53. The third-order valence-corrected chi connectivity index (χ3v) is 3.53. The van der Waals surface area contributed by atoms with Crippen LogP contribution in [-0.4, -0.2) is 18.2 Å². The Morgan fingerprint density at radius 3 is 2.07 bits per heavy atom. The van der Waals surface area contributed by atoms with Gasteiger partial charge in [0.15, 0.2) is 0 Å². The predicted molar refractivity (Wildman–Crippen MR) is 59.2 cm³/mol. The normalized spacial score (nSPS) is 30.6. The number of rotatable bonds is 3. The average Bonchev–Trinajstić information content (AvgIpc) is 2.17. The highest BCUT2D eigenvalue weighted by Crippen LogP contribution is 2.32. The first-order valence-corrected chi connectivity index (χ1v) is 5.72. The van der Waals surface area contributed by atoms with Gasteiger partial charge in [0.05, 0.1) is 0 Å². The van der Waals surface area contributed by atoms with Gasteiger partial charge in [-0.1, -0.05) is 0 Å². The maximum absolute atomic E-state index is 10.6. The fraction of sp³-hybridized carbons (Fsp3) is 0.909. The molecule has 15 heavy (non-hydrogen) atoms. The van der Waals surface area contributed by atoms with Crippen LogP contribution in [0.2, 0.25) is 0 Å². The van der Waals surface area contributed by atoms with E-state index in [0.717, 1.165) is 25.7 Å². The predicted octanol–water partition coefficient (Wildman–Crippen LogP) is 1.62. The van der Waals surface area contributed by atoms with Crippen LogP contribution in [0.3, 0.4) is 0 Å². The van der Waals surface area contributed by atoms with Gasteiger partial charge in [-0.3, -0.25) is 0 Å². The van der Waals surface area contributed by atoms with Crippen molar-refractivity contribution in [1.29, 1.82) is 0 Å². The average molecular weight is 214 g/mol. The number of ether oxygens (including phenoxy) is 1. The van der Waals surface area contributed by atoms with Gasteiger partial charge in [0.25, 0.3) is 0 Å². The monoisotopic (exact) mass is 214 g/mol. The minimum absolute atomic E-state index is 0.0588. The SMILES string of the molecule is CC(OC(N)=O)C1CCC([C@H](C)N)CC1. The summed E-state index contributed by atoms with van der Waals surface area (Å²) in [4.78, 5) is 10.6. The summed E-state index contributed by atoms with van der Waals surface area (Å²) in [5, 5.41) is 0. The molecule has 4 N–H and O–H groups in total. The van der Waals surface area contributed by atoms with E-state index in [0.29, 0.717) is 11.8 Å². The van der Waals surface area contributed by atoms with Gasteiger partial charge in [-0.2, -0.15) is 0 Å². The fourth-order valence-corrected chi connectivity index (χ4v) is 2.42. The topological polar surface area (TPSA) is 78.3 Å². The summed E-state index contributed by atoms with van der Waals surface area (Å²) in [5.74, 6) is 1.08. The highest BCUT2D eigenvalue weighted by Gasteiger charge is 2.28. The van der Waals surface area contributed by atoms with Gasteiger partial charge < -0.3 is 16.2 Å². The number of carbonyl (C=O) groups excluding carboxylic acids is 1. The Bertz CT molecular complexity index is 211. The first kappa shape index (κ1) is 12.3. The lowest BCUT2D eigenvalue weighted by Gasteiger charge is -2.33. The maximum atomic E-state index is 10.6. The maximum Gasteiger partial charge on any atom is 0.404 e. The summed E-state index contributed by atoms with van der Waals surface area (Å²) >= 11 is 0. The molecule has 0 aromatic heterocycles. The standard InChI is InChI=1S/C11H22N2O2/c1-7(12)9-3-5-10(6-4-9)8(2)15-11(13)14/h7-10H,3-6,12H2,1-2H3,(H2,13,14)/t7-,8?,9?,10?/m0/s1. The number of amides is 1. The van der Waals surface area contributed by atoms with Gasteiger partial charge in [0.2, 0.25) is 0 Å². The van der Waals surface area contributed by atoms with Crippen LogP contribution in [0.15, 0.2) is 0 Å². The smallest absolute Gasteiger partial charge is 0.404 e. The second-order valence-electron chi connectivity index (χ2n) is 4.68. The van der Waals surface area contributed by atoms with Gasteiger partial charge >= 0.3 is 6.09 Å². The van der Waals surface area contributed by atoms with Gasteiger partial charge in [-0.15, -0.1) is 0 Å². The van der Waals surface area contributed by atoms with Crippen molar-refractivity contribution in [3.8, 4) is 0 Å². The Morgan fingerprint density at radius 2 is 1.67 bits per heavy atom. The van der Waals surface area contributed by atoms with Crippen LogP contribution in [0.25, 0.3) is 0 Å². The highest BCUT2D eigenvalue weighted by molar-refractivity contribution is 5.64. The number of primary amides is 1. The highest BCUT2D eigenvalue weighted by atomic mass is 16.6. The van der Waals surface area contributed by atoms with E-state index in [4.69, 9.17) is 16.2 Å². The second-order valence-corrected chi connectivity index (χ2v) is 4.68. The van der Waals surface area contributed by atoms with E-state index in [1.165, 1.54) is 0 Å². The molecule has 1 aliphatic carbocycles. The Hall–Kier alpha value is -0.770. The van der Waals surface area contributed by atoms with Crippen molar-refractivity contribution in [2.75, 3.05) is 0 Å². The fourth-order valence-electron chi connectivity index (χ4n) is 2.42. The lowest BCUT2D eigenvalue weighted by molar-refractivity contribution is 0.0571. The van der Waals surface area contributed by atoms with Crippen molar-refractivity contribution in [1.82, 2.24) is 0 Å². The number of hydrogen-bond acceptors (Lipinski definition) is 3. The molecular formula is C11H22N2O2. The molecule has 0 heterocycles. The summed E-state index contributed by atoms with van der Waals surface area (Å²) < 4.78 is 4.99. The molecule has 0 aliphatic heterocycles. The van der Waals surface area contributed by atoms with E-state index in [1.807, 2.05) is 6.92 Å². The van der Waals surface area contributed by atoms with E-state index in [-0.39, 0.29) is 12.1 Å². The van der Waals surface area contributed by atoms with Crippen LogP contribution >= 0.6 is 0 Å². The first-order chi connectivity index (χ1) is 7.00. The molecule has 0 radical (unpaired) electrons. The Morgan fingerprint density at radius 1 is 1.20 bits per heavy atom. The molecule has 0 spiro atoms. The van der Waals surface area contributed by atoms with E-state index in [9.17, 15) is 4.79 Å². The molecule has 1 rings (SSSR count). The summed E-state index contributed by atoms with van der Waals surface area (Å²) in [6.45, 7) is 3.98. The molecule has 1 fully saturated rings. The van der Waals surface area contributed by atoms with Gasteiger partial charge in [-0.05, 0) is 51.4 Å². The van der Waals surface area contributed by atoms with Crippen molar-refractivity contribution in [2.24, 2.45) is 23.3 Å². The van der Waals surface area contributed by atoms with Crippen molar-refractivity contribution in [2.45, 2.75) is 51.7 Å². The molecule has 88 valence electrons. The number of carbonyl (C=O) groups is 1. The minimum atomic E-state index is -0.670. The Balaban J connectivity index is 2.33. The van der Waals surface area contributed by atoms with Crippen molar-refractivity contribution in [3.05, 3.63) is 0 Å². The quantitative estimate of drug-likeness (QED) is 0.749. The van der Waals surface area contributed by atoms with Gasteiger partial charge in [0.1, 0.15) is 6.10 Å². The molecule has 1 unspecified atom stereocenters. The molecule has 0 aromatic rings. The Labute approximate surface area is 91.3 Å². The summed E-state index contributed by atoms with van der Waals surface area (Å²) in [6.07, 6.45) is 3.71. The molecule has 0 bridgehead atoms. The molecule has 4 nitrogen and oxygen atoms in total. The molecule has 4 heteroatoms. The number of hydrogen-bond donors (Lipinski definition) is 2. The number of nitrogens with two attached hydrogens (primary N) is 2. The van der Waals surface area contributed by atoms with Gasteiger partial charge in [0, 0.05) is 6.04 Å². The van der Waals surface area contributed by atoms with Crippen molar-refractivity contribution < 1.29 is 9.53 Å². The van der Waals surface area contributed by atoms with Crippen molar-refractivity contribution in [3.63, 3.8) is 0 Å². The van der Waals surface area contributed by atoms with Crippen LogP contribution < -0.4 is 11.5 Å². The molecule has 1 amide bonds. The van der Waals surface area contributed by atoms with Crippen molar-refractivity contribution >= 4 is 6.09 Å². The Kier molecular flexibility index (Phi) is 4.39. The minimum Gasteiger partial charge on any atom is -0.446 e. The second kappa shape index (κ2) is 5.35. The zero-order chi connectivity index (χ0) is 11.4. The van der Waals surface area contributed by atoms with Crippen LogP contribution in [0.5, 0.6) is 0 Å². The summed E-state index contributed by atoms with van der Waals surface area (Å²) in [5.41, 5.74) is 10.9. The molecule has 1 saturated carbocycles. The zero-order valence-corrected chi connectivity index (χ0v) is 9.61. The summed E-state index contributed by atoms with van der Waals surface area (Å²) in [6, 6.07) is 0.276. The third kappa shape index (κ3) is 3.70.